The third-order valence-electron chi connectivity index (χ3n) is 10.6. The Morgan fingerprint density at radius 3 is 2.47 bits per heavy atom. The van der Waals surface area contributed by atoms with E-state index in [4.69, 9.17) is 14.2 Å². The van der Waals surface area contributed by atoms with Crippen LogP contribution >= 0.6 is 0 Å². The number of Topliss-reactive ketones (excluding diaryl/α,β-unsaturated/α-hetero) is 1. The molecule has 5 aliphatic rings. The molecule has 0 spiro atoms. The highest BCUT2D eigenvalue weighted by Gasteiger charge is 2.61. The largest absolute Gasteiger partial charge is 0.493 e. The van der Waals surface area contributed by atoms with E-state index in [2.05, 4.69) is 16.6 Å². The van der Waals surface area contributed by atoms with Gasteiger partial charge in [0.25, 0.3) is 0 Å². The van der Waals surface area contributed by atoms with Crippen molar-refractivity contribution in [3.8, 4) is 5.75 Å². The number of fused-ring (bicyclic) bond motifs is 3. The van der Waals surface area contributed by atoms with Crippen LogP contribution in [-0.4, -0.2) is 91.2 Å². The van der Waals surface area contributed by atoms with Crippen LogP contribution in [0.1, 0.15) is 83.3 Å². The highest BCUT2D eigenvalue weighted by molar-refractivity contribution is 7.90. The number of carbonyl (C=O) groups is 5. The van der Waals surface area contributed by atoms with E-state index in [1.54, 1.807) is 25.7 Å². The molecule has 1 saturated heterocycles. The number of hydrogen-bond donors (Lipinski definition) is 2. The molecule has 14 nitrogen and oxygen atoms in total. The number of rotatable bonds is 7. The van der Waals surface area contributed by atoms with Gasteiger partial charge in [-0.1, -0.05) is 39.0 Å². The third kappa shape index (κ3) is 7.87. The number of ketones is 1. The molecule has 6 rings (SSSR count). The summed E-state index contributed by atoms with van der Waals surface area (Å²) in [5.74, 6) is -1.55. The molecule has 0 aromatic heterocycles. The molecule has 3 heterocycles. The van der Waals surface area contributed by atoms with Gasteiger partial charge in [0, 0.05) is 24.9 Å². The van der Waals surface area contributed by atoms with E-state index in [1.807, 2.05) is 18.2 Å². The minimum Gasteiger partial charge on any atom is -0.493 e. The van der Waals surface area contributed by atoms with Crippen molar-refractivity contribution in [1.82, 2.24) is 19.8 Å². The second kappa shape index (κ2) is 14.1. The zero-order chi connectivity index (χ0) is 36.7. The van der Waals surface area contributed by atoms with Crippen molar-refractivity contribution in [1.29, 1.82) is 0 Å². The van der Waals surface area contributed by atoms with Gasteiger partial charge in [-0.25, -0.2) is 18.0 Å². The fourth-order valence-corrected chi connectivity index (χ4v) is 8.70. The second-order valence-corrected chi connectivity index (χ2v) is 17.5. The number of nitrogens with one attached hydrogen (secondary N) is 2. The lowest BCUT2D eigenvalue weighted by Crippen LogP contribution is -2.57. The van der Waals surface area contributed by atoms with Crippen molar-refractivity contribution in [2.24, 2.45) is 16.7 Å². The van der Waals surface area contributed by atoms with Gasteiger partial charge in [0.15, 0.2) is 5.78 Å². The molecular weight excluding hydrogens is 680 g/mol. The van der Waals surface area contributed by atoms with Gasteiger partial charge in [0.2, 0.25) is 21.8 Å². The summed E-state index contributed by atoms with van der Waals surface area (Å²) in [4.78, 5) is 71.4. The maximum absolute atomic E-state index is 14.4. The molecule has 4 amide bonds. The van der Waals surface area contributed by atoms with Gasteiger partial charge in [-0.05, 0) is 61.5 Å². The number of benzene rings is 1. The van der Waals surface area contributed by atoms with Gasteiger partial charge in [-0.3, -0.25) is 24.0 Å². The van der Waals surface area contributed by atoms with Crippen LogP contribution in [0.3, 0.4) is 0 Å². The van der Waals surface area contributed by atoms with E-state index in [9.17, 15) is 32.4 Å². The number of cyclic esters (lactones) is 1. The molecule has 1 aromatic rings. The van der Waals surface area contributed by atoms with Crippen LogP contribution in [0.4, 0.5) is 9.59 Å². The molecule has 15 heteroatoms. The number of carbonyl (C=O) groups excluding carboxylic acids is 5. The standard InChI is InChI=1S/C36H48N4O10S/c1-5-23-17-36(23,32(43)38-51(46,47)25-12-13-25)18-28(41)27-16-24-20-40(27)31(42)30(35(2,3)4)37-33(44)49-15-8-6-7-14-48-29-11-9-10-22-19-39(21-26(22)29)34(45)50-24/h5,9-11,23-25,27,30H,1,6-8,12-21H2,2-4H3,(H,37,44)(H,38,43)/t23-,24+,27?,30+,36-/m0/s1. The zero-order valence-corrected chi connectivity index (χ0v) is 30.3. The highest BCUT2D eigenvalue weighted by Crippen LogP contribution is 2.57. The third-order valence-corrected chi connectivity index (χ3v) is 12.4. The maximum Gasteiger partial charge on any atom is 0.410 e. The zero-order valence-electron chi connectivity index (χ0n) is 29.5. The Labute approximate surface area is 298 Å². The number of nitrogens with zero attached hydrogens (tertiary/aromatic N) is 2. The smallest absolute Gasteiger partial charge is 0.410 e. The first-order chi connectivity index (χ1) is 24.1. The first-order valence-electron chi connectivity index (χ1n) is 17.8. The monoisotopic (exact) mass is 728 g/mol. The molecule has 4 bridgehead atoms. The summed E-state index contributed by atoms with van der Waals surface area (Å²) >= 11 is 0. The lowest BCUT2D eigenvalue weighted by atomic mass is 9.85. The van der Waals surface area contributed by atoms with E-state index in [0.717, 1.165) is 24.0 Å². The lowest BCUT2D eigenvalue weighted by Gasteiger charge is -2.35. The summed E-state index contributed by atoms with van der Waals surface area (Å²) in [5.41, 5.74) is -0.317. The molecule has 3 aliphatic heterocycles. The van der Waals surface area contributed by atoms with Crippen molar-refractivity contribution in [2.75, 3.05) is 19.8 Å². The summed E-state index contributed by atoms with van der Waals surface area (Å²) in [6, 6.07) is 3.44. The molecule has 278 valence electrons. The molecular formula is C36H48N4O10S. The Balaban J connectivity index is 1.26. The molecule has 1 unspecified atom stereocenters. The van der Waals surface area contributed by atoms with E-state index in [1.165, 1.54) is 11.0 Å². The topological polar surface area (TPSA) is 178 Å². The van der Waals surface area contributed by atoms with Crippen LogP contribution < -0.4 is 14.8 Å². The normalized spacial score (nSPS) is 28.9. The summed E-state index contributed by atoms with van der Waals surface area (Å²) in [7, 11) is -3.87. The molecule has 3 fully saturated rings. The first-order valence-corrected chi connectivity index (χ1v) is 19.3. The molecule has 1 aromatic carbocycles. The van der Waals surface area contributed by atoms with E-state index in [0.29, 0.717) is 38.2 Å². The van der Waals surface area contributed by atoms with Gasteiger partial charge in [0.05, 0.1) is 43.0 Å². The fraction of sp³-hybridized carbons (Fsp3) is 0.639. The maximum atomic E-state index is 14.4. The van der Waals surface area contributed by atoms with Crippen molar-refractivity contribution >= 4 is 39.8 Å². The predicted octanol–water partition coefficient (Wildman–Crippen LogP) is 3.57. The Kier molecular flexibility index (Phi) is 10.1. The molecule has 51 heavy (non-hydrogen) atoms. The van der Waals surface area contributed by atoms with Gasteiger partial charge >= 0.3 is 12.2 Å². The van der Waals surface area contributed by atoms with Gasteiger partial charge < -0.3 is 24.4 Å². The second-order valence-electron chi connectivity index (χ2n) is 15.5. The summed E-state index contributed by atoms with van der Waals surface area (Å²) in [6.07, 6.45) is 2.11. The fourth-order valence-electron chi connectivity index (χ4n) is 7.31. The Morgan fingerprint density at radius 2 is 1.80 bits per heavy atom. The Bertz CT molecular complexity index is 1700. The molecule has 2 N–H and O–H groups in total. The van der Waals surface area contributed by atoms with Crippen molar-refractivity contribution in [3.63, 3.8) is 0 Å². The number of ether oxygens (including phenoxy) is 3. The average Bonchev–Trinajstić information content (AvgIpc) is 3.96. The van der Waals surface area contributed by atoms with Crippen LogP contribution in [-0.2, 0) is 47.0 Å². The lowest BCUT2D eigenvalue weighted by molar-refractivity contribution is -0.142. The van der Waals surface area contributed by atoms with Crippen LogP contribution in [0.5, 0.6) is 5.75 Å². The molecule has 0 radical (unpaired) electrons. The van der Waals surface area contributed by atoms with Crippen molar-refractivity contribution in [2.45, 2.75) is 109 Å². The number of allylic oxidation sites excluding steroid dienone is 1. The van der Waals surface area contributed by atoms with Crippen LogP contribution in [0.2, 0.25) is 0 Å². The summed E-state index contributed by atoms with van der Waals surface area (Å²) in [6.45, 7) is 10.2. The number of amides is 4. The number of sulfonamides is 1. The minimum absolute atomic E-state index is 0.0381. The quantitative estimate of drug-likeness (QED) is 0.395. The van der Waals surface area contributed by atoms with Crippen LogP contribution in [0.15, 0.2) is 30.9 Å². The molecule has 2 aliphatic carbocycles. The Hall–Kier alpha value is -4.14. The first kappa shape index (κ1) is 36.6. The Morgan fingerprint density at radius 1 is 1.08 bits per heavy atom. The number of alkyl carbamates (subject to hydrolysis) is 1. The van der Waals surface area contributed by atoms with Gasteiger partial charge in [-0.2, -0.15) is 0 Å². The highest BCUT2D eigenvalue weighted by atomic mass is 32.2. The van der Waals surface area contributed by atoms with E-state index >= 15 is 0 Å². The number of hydrogen-bond acceptors (Lipinski definition) is 10. The average molecular weight is 729 g/mol. The van der Waals surface area contributed by atoms with Gasteiger partial charge in [0.1, 0.15) is 17.9 Å². The van der Waals surface area contributed by atoms with Crippen molar-refractivity contribution < 1.29 is 46.6 Å². The van der Waals surface area contributed by atoms with Gasteiger partial charge in [-0.15, -0.1) is 6.58 Å². The van der Waals surface area contributed by atoms with Crippen LogP contribution in [0.25, 0.3) is 0 Å². The minimum atomic E-state index is -3.87. The van der Waals surface area contributed by atoms with E-state index < -0.39 is 80.0 Å². The SMILES string of the molecule is C=C[C@H]1C[C@@]1(CC(=O)C1C[C@@H]2CN1C(=O)[C@H](C(C)(C)C)NC(=O)OCCCCCOc1cccc3c1CN(C3)C(=O)O2)C(=O)NS(=O)(=O)C1CC1. The predicted molar refractivity (Wildman–Crippen MR) is 184 cm³/mol. The van der Waals surface area contributed by atoms with E-state index in [-0.39, 0.29) is 39.0 Å². The molecule has 2 saturated carbocycles. The van der Waals surface area contributed by atoms with Crippen LogP contribution in [0, 0.1) is 16.7 Å². The summed E-state index contributed by atoms with van der Waals surface area (Å²) in [5, 5.41) is 2.07. The molecule has 5 atom stereocenters. The van der Waals surface area contributed by atoms with Crippen molar-refractivity contribution in [3.05, 3.63) is 42.0 Å². The summed E-state index contributed by atoms with van der Waals surface area (Å²) < 4.78 is 44.9.